The van der Waals surface area contributed by atoms with Gasteiger partial charge in [0.2, 0.25) is 0 Å². The van der Waals surface area contributed by atoms with E-state index in [1.165, 1.54) is 0 Å². The molecule has 1 aliphatic heterocycles. The first-order valence-corrected chi connectivity index (χ1v) is 3.16. The Labute approximate surface area is 94.3 Å². The number of fused-ring (bicyclic) bond motifs is 1. The van der Waals surface area contributed by atoms with Crippen molar-refractivity contribution in [2.45, 2.75) is 6.92 Å². The van der Waals surface area contributed by atoms with E-state index in [9.17, 15) is 9.59 Å². The van der Waals surface area contributed by atoms with Crippen molar-refractivity contribution < 1.29 is 42.3 Å². The number of rotatable bonds is 0. The van der Waals surface area contributed by atoms with Crippen molar-refractivity contribution in [2.75, 3.05) is 0 Å². The van der Waals surface area contributed by atoms with Gasteiger partial charge < -0.3 is 20.4 Å². The minimum atomic E-state index is -0.477. The zero-order valence-electron chi connectivity index (χ0n) is 6.39. The quantitative estimate of drug-likeness (QED) is 0.428. The second-order valence-corrected chi connectivity index (χ2v) is 2.41. The number of carbonyl (C=O) groups excluding carboxylic acids is 2. The average Bonchev–Trinajstić information content (AvgIpc) is 2.53. The number of hydrogen-bond acceptors (Lipinski definition) is 4. The summed E-state index contributed by atoms with van der Waals surface area (Å²) in [7, 11) is 0. The van der Waals surface area contributed by atoms with Gasteiger partial charge in [0, 0.05) is 32.7 Å². The first-order valence-electron chi connectivity index (χ1n) is 3.16. The van der Waals surface area contributed by atoms with Crippen LogP contribution < -0.4 is 10.9 Å². The summed E-state index contributed by atoms with van der Waals surface area (Å²) in [5.41, 5.74) is 6.56. The van der Waals surface area contributed by atoms with Gasteiger partial charge in [-0.3, -0.25) is 0 Å². The molecule has 0 atom stereocenters. The minimum absolute atomic E-state index is 0. The van der Waals surface area contributed by atoms with Crippen molar-refractivity contribution in [1.29, 1.82) is 0 Å². The smallest absolute Gasteiger partial charge is 0.163 e. The summed E-state index contributed by atoms with van der Waals surface area (Å²) in [5.74, 6) is -0.911. The van der Waals surface area contributed by atoms with Crippen molar-refractivity contribution in [3.05, 3.63) is 23.0 Å². The van der Waals surface area contributed by atoms with E-state index < -0.39 is 11.6 Å². The molecule has 1 aliphatic carbocycles. The molecule has 1 radical (unpaired) electrons. The third-order valence-corrected chi connectivity index (χ3v) is 1.77. The molecular weight excluding hydrogens is 233 g/mol. The van der Waals surface area contributed by atoms with E-state index in [1.54, 1.807) is 6.92 Å². The maximum Gasteiger partial charge on any atom is 0.163 e. The molecule has 2 N–H and O–H groups in total. The molecule has 4 nitrogen and oxygen atoms in total. The Kier molecular flexibility index (Phi) is 2.49. The van der Waals surface area contributed by atoms with E-state index in [0.717, 1.165) is 0 Å². The van der Waals surface area contributed by atoms with Gasteiger partial charge in [0.15, 0.2) is 5.78 Å². The summed E-state index contributed by atoms with van der Waals surface area (Å²) in [4.78, 5) is 22.0. The normalized spacial score (nSPS) is 19.6. The molecule has 0 saturated heterocycles. The molecule has 2 rings (SSSR count). The number of hydrogen-bond donors (Lipinski definition) is 2. The molecule has 12 heavy (non-hydrogen) atoms. The Morgan fingerprint density at radius 2 is 1.92 bits per heavy atom. The fourth-order valence-corrected chi connectivity index (χ4v) is 1.13. The number of Topliss-reactive ketones (excluding diaryl/α,β-unsaturated/α-hetero) is 2. The second kappa shape index (κ2) is 3.11. The fourth-order valence-electron chi connectivity index (χ4n) is 1.13. The Balaban J connectivity index is 0.000000720. The molecule has 0 spiro atoms. The summed E-state index contributed by atoms with van der Waals surface area (Å²) in [5, 5.41) is 0. The van der Waals surface area contributed by atoms with Crippen LogP contribution in [0.25, 0.3) is 0 Å². The number of allylic oxidation sites excluding steroid dienone is 2. The van der Waals surface area contributed by atoms with Gasteiger partial charge in [-0.2, -0.15) is 0 Å². The SMILES string of the molecule is CC1=C2NN[C-]=C2C(=O)C1=O.[Y]. The average molecular weight is 238 g/mol. The summed E-state index contributed by atoms with van der Waals surface area (Å²) in [6.45, 7) is 1.62. The Morgan fingerprint density at radius 3 is 2.50 bits per heavy atom. The molecule has 59 valence electrons. The van der Waals surface area contributed by atoms with Crippen molar-refractivity contribution in [1.82, 2.24) is 10.9 Å². The standard InChI is InChI=1S/C7H5N2O2.Y/c1-3-5-4(2-8-9-5)7(11)6(3)10;/h8-9H,1H3;/q-1;. The van der Waals surface area contributed by atoms with Gasteiger partial charge in [0.05, 0.1) is 0 Å². The molecule has 1 heterocycles. The molecule has 0 amide bonds. The van der Waals surface area contributed by atoms with Gasteiger partial charge in [-0.15, -0.1) is 0 Å². The van der Waals surface area contributed by atoms with E-state index >= 15 is 0 Å². The van der Waals surface area contributed by atoms with Crippen molar-refractivity contribution >= 4 is 11.6 Å². The van der Waals surface area contributed by atoms with Crippen LogP contribution >= 0.6 is 0 Å². The predicted molar refractivity (Wildman–Crippen MR) is 35.7 cm³/mol. The number of ketones is 2. The van der Waals surface area contributed by atoms with Crippen LogP contribution in [0.15, 0.2) is 16.8 Å². The zero-order chi connectivity index (χ0) is 8.01. The zero-order valence-corrected chi connectivity index (χ0v) is 9.23. The van der Waals surface area contributed by atoms with E-state index in [4.69, 9.17) is 0 Å². The van der Waals surface area contributed by atoms with Gasteiger partial charge in [-0.25, -0.2) is 0 Å². The molecule has 0 bridgehead atoms. The third kappa shape index (κ3) is 1.06. The van der Waals surface area contributed by atoms with Crippen LogP contribution in [0.5, 0.6) is 0 Å². The van der Waals surface area contributed by atoms with Gasteiger partial charge in [0.1, 0.15) is 5.78 Å². The van der Waals surface area contributed by atoms with Gasteiger partial charge in [-0.1, -0.05) is 11.8 Å². The van der Waals surface area contributed by atoms with Crippen LogP contribution in [-0.4, -0.2) is 11.6 Å². The molecule has 5 heteroatoms. The second-order valence-electron chi connectivity index (χ2n) is 2.41. The maximum atomic E-state index is 11.0. The van der Waals surface area contributed by atoms with Crippen LogP contribution in [0.1, 0.15) is 6.92 Å². The fraction of sp³-hybridized carbons (Fsp3) is 0.143. The van der Waals surface area contributed by atoms with E-state index in [2.05, 4.69) is 17.1 Å². The molecule has 0 saturated carbocycles. The van der Waals surface area contributed by atoms with E-state index in [-0.39, 0.29) is 32.7 Å². The van der Waals surface area contributed by atoms with Gasteiger partial charge in [0.25, 0.3) is 0 Å². The molecule has 0 aromatic carbocycles. The molecular formula is C7H5N2O2Y-. The maximum absolute atomic E-state index is 11.0. The number of nitrogens with one attached hydrogen (secondary N) is 2. The Bertz CT molecular complexity index is 328. The molecule has 0 fully saturated rings. The van der Waals surface area contributed by atoms with E-state index in [1.807, 2.05) is 0 Å². The van der Waals surface area contributed by atoms with Crippen LogP contribution in [0.2, 0.25) is 0 Å². The predicted octanol–water partition coefficient (Wildman–Crippen LogP) is -0.795. The monoisotopic (exact) mass is 238 g/mol. The molecule has 2 aliphatic rings. The molecule has 0 aromatic rings. The summed E-state index contributed by atoms with van der Waals surface area (Å²) in [6, 6.07) is 0. The van der Waals surface area contributed by atoms with Crippen LogP contribution in [-0.2, 0) is 42.3 Å². The van der Waals surface area contributed by atoms with Crippen LogP contribution in [0.3, 0.4) is 0 Å². The first kappa shape index (κ1) is 9.61. The summed E-state index contributed by atoms with van der Waals surface area (Å²) >= 11 is 0. The van der Waals surface area contributed by atoms with E-state index in [0.29, 0.717) is 16.8 Å². The topological polar surface area (TPSA) is 58.2 Å². The largest absolute Gasteiger partial charge is 0.374 e. The van der Waals surface area contributed by atoms with Crippen molar-refractivity contribution in [3.8, 4) is 0 Å². The Hall–Kier alpha value is -0.476. The van der Waals surface area contributed by atoms with Crippen molar-refractivity contribution in [3.63, 3.8) is 0 Å². The van der Waals surface area contributed by atoms with Crippen LogP contribution in [0, 0.1) is 6.20 Å². The molecule has 0 aromatic heterocycles. The van der Waals surface area contributed by atoms with Gasteiger partial charge in [-0.05, 0) is 18.2 Å². The first-order chi connectivity index (χ1) is 5.22. The van der Waals surface area contributed by atoms with Gasteiger partial charge >= 0.3 is 0 Å². The Morgan fingerprint density at radius 1 is 1.25 bits per heavy atom. The van der Waals surface area contributed by atoms with Crippen molar-refractivity contribution in [2.24, 2.45) is 0 Å². The van der Waals surface area contributed by atoms with Crippen LogP contribution in [0.4, 0.5) is 0 Å². The summed E-state index contributed by atoms with van der Waals surface area (Å²) < 4.78 is 0. The number of carbonyl (C=O) groups is 2. The minimum Gasteiger partial charge on any atom is -0.374 e. The molecule has 0 unspecified atom stereocenters. The third-order valence-electron chi connectivity index (χ3n) is 1.77. The number of hydrazine groups is 1. The summed E-state index contributed by atoms with van der Waals surface area (Å²) in [6.07, 6.45) is 2.56.